The SMILES string of the molecule is CC/C=C\C/C=C\C/C=C\C/C=C\C/C=C\C/C=C\CCCCCCCCCCC(=O)OC(COC(=O)CCCCCCCCCCC/C=C\C/C=C\CCCCCCC)COC(OCC[N+](C)(C)C)C(=O)O. The van der Waals surface area contributed by atoms with Crippen LogP contribution >= 0.6 is 0 Å². The van der Waals surface area contributed by atoms with Gasteiger partial charge in [-0.2, -0.15) is 0 Å². The van der Waals surface area contributed by atoms with Crippen LogP contribution in [0.5, 0.6) is 0 Å². The number of ether oxygens (including phenoxy) is 4. The van der Waals surface area contributed by atoms with E-state index in [2.05, 4.69) is 111 Å². The van der Waals surface area contributed by atoms with Crippen LogP contribution < -0.4 is 0 Å². The topological polar surface area (TPSA) is 108 Å². The van der Waals surface area contributed by atoms with Gasteiger partial charge in [-0.1, -0.05) is 220 Å². The number of carbonyl (C=O) groups is 3. The van der Waals surface area contributed by atoms with Gasteiger partial charge in [0.25, 0.3) is 6.29 Å². The van der Waals surface area contributed by atoms with E-state index in [0.717, 1.165) is 89.9 Å². The van der Waals surface area contributed by atoms with Gasteiger partial charge in [0.1, 0.15) is 13.2 Å². The normalized spacial score (nSPS) is 13.5. The zero-order valence-corrected chi connectivity index (χ0v) is 47.5. The third-order valence-corrected chi connectivity index (χ3v) is 12.3. The Morgan fingerprint density at radius 2 is 0.781 bits per heavy atom. The van der Waals surface area contributed by atoms with E-state index in [-0.39, 0.29) is 32.2 Å². The first-order chi connectivity index (χ1) is 35.6. The van der Waals surface area contributed by atoms with Gasteiger partial charge in [-0.3, -0.25) is 9.59 Å². The Kier molecular flexibility index (Phi) is 51.6. The maximum absolute atomic E-state index is 12.9. The van der Waals surface area contributed by atoms with Crippen molar-refractivity contribution >= 4 is 17.9 Å². The van der Waals surface area contributed by atoms with Crippen molar-refractivity contribution in [3.63, 3.8) is 0 Å². The fraction of sp³-hybridized carbons (Fsp3) is 0.703. The van der Waals surface area contributed by atoms with Crippen molar-refractivity contribution in [1.29, 1.82) is 0 Å². The smallest absolute Gasteiger partial charge is 0.361 e. The molecule has 9 nitrogen and oxygen atoms in total. The first kappa shape index (κ1) is 69.2. The summed E-state index contributed by atoms with van der Waals surface area (Å²) in [7, 11) is 5.96. The molecule has 0 aliphatic rings. The number of carboxylic acids is 1. The van der Waals surface area contributed by atoms with Crippen LogP contribution in [0.15, 0.2) is 97.2 Å². The molecule has 0 heterocycles. The zero-order valence-electron chi connectivity index (χ0n) is 47.5. The Morgan fingerprint density at radius 1 is 0.425 bits per heavy atom. The molecule has 0 radical (unpaired) electrons. The largest absolute Gasteiger partial charge is 0.477 e. The highest BCUT2D eigenvalue weighted by molar-refractivity contribution is 5.71. The second-order valence-electron chi connectivity index (χ2n) is 20.6. The highest BCUT2D eigenvalue weighted by atomic mass is 16.7. The van der Waals surface area contributed by atoms with Crippen LogP contribution in [0.3, 0.4) is 0 Å². The minimum atomic E-state index is -1.52. The number of aliphatic carboxylic acids is 1. The third kappa shape index (κ3) is 55.8. The first-order valence-electron chi connectivity index (χ1n) is 29.4. The summed E-state index contributed by atoms with van der Waals surface area (Å²) in [6.45, 7) is 4.74. The Balaban J connectivity index is 4.30. The van der Waals surface area contributed by atoms with Crippen molar-refractivity contribution in [1.82, 2.24) is 0 Å². The molecule has 0 bridgehead atoms. The molecule has 0 spiro atoms. The summed E-state index contributed by atoms with van der Waals surface area (Å²) in [4.78, 5) is 37.5. The number of hydrogen-bond donors (Lipinski definition) is 1. The number of esters is 2. The zero-order chi connectivity index (χ0) is 53.4. The molecule has 73 heavy (non-hydrogen) atoms. The number of quaternary nitrogens is 1. The predicted molar refractivity (Wildman–Crippen MR) is 309 cm³/mol. The van der Waals surface area contributed by atoms with Gasteiger partial charge in [-0.15, -0.1) is 0 Å². The monoisotopic (exact) mass is 1020 g/mol. The van der Waals surface area contributed by atoms with E-state index in [1.54, 1.807) is 0 Å². The molecule has 0 aliphatic carbocycles. The maximum Gasteiger partial charge on any atom is 0.361 e. The maximum atomic E-state index is 12.9. The average Bonchev–Trinajstić information content (AvgIpc) is 3.36. The van der Waals surface area contributed by atoms with Gasteiger partial charge in [-0.05, 0) is 96.3 Å². The number of carbonyl (C=O) groups excluding carboxylic acids is 2. The number of nitrogens with zero attached hydrogens (tertiary/aromatic N) is 1. The lowest BCUT2D eigenvalue weighted by Gasteiger charge is -2.25. The second kappa shape index (κ2) is 54.5. The summed E-state index contributed by atoms with van der Waals surface area (Å²) in [6.07, 6.45) is 70.5. The number of carboxylic acid groups (broad SMARTS) is 1. The molecule has 0 aromatic rings. The van der Waals surface area contributed by atoms with Gasteiger partial charge < -0.3 is 28.5 Å². The molecule has 0 aromatic heterocycles. The fourth-order valence-corrected chi connectivity index (χ4v) is 7.81. The van der Waals surface area contributed by atoms with Gasteiger partial charge in [0.15, 0.2) is 6.10 Å². The van der Waals surface area contributed by atoms with E-state index in [1.165, 1.54) is 109 Å². The number of likely N-dealkylation sites (N-methyl/N-ethyl adjacent to an activating group) is 1. The first-order valence-corrected chi connectivity index (χ1v) is 29.4. The van der Waals surface area contributed by atoms with Crippen molar-refractivity contribution in [3.05, 3.63) is 97.2 Å². The molecule has 2 unspecified atom stereocenters. The third-order valence-electron chi connectivity index (χ3n) is 12.3. The molecule has 418 valence electrons. The molecule has 0 saturated carbocycles. The van der Waals surface area contributed by atoms with Crippen molar-refractivity contribution in [2.75, 3.05) is 47.5 Å². The van der Waals surface area contributed by atoms with E-state index in [0.29, 0.717) is 23.9 Å². The second-order valence-corrected chi connectivity index (χ2v) is 20.6. The molecular weight excluding hydrogens is 911 g/mol. The molecule has 1 N–H and O–H groups in total. The number of unbranched alkanes of at least 4 members (excludes halogenated alkanes) is 22. The molecule has 0 aliphatic heterocycles. The summed E-state index contributed by atoms with van der Waals surface area (Å²) in [5.41, 5.74) is 0. The van der Waals surface area contributed by atoms with E-state index in [4.69, 9.17) is 18.9 Å². The number of allylic oxidation sites excluding steroid dienone is 16. The molecule has 2 atom stereocenters. The molecule has 0 fully saturated rings. The van der Waals surface area contributed by atoms with Gasteiger partial charge in [0, 0.05) is 12.8 Å². The van der Waals surface area contributed by atoms with Crippen LogP contribution in [-0.4, -0.2) is 87.4 Å². The van der Waals surface area contributed by atoms with Crippen molar-refractivity contribution in [2.45, 2.75) is 245 Å². The van der Waals surface area contributed by atoms with E-state index in [9.17, 15) is 19.5 Å². The molecule has 0 amide bonds. The van der Waals surface area contributed by atoms with Crippen molar-refractivity contribution < 1.29 is 42.9 Å². The Morgan fingerprint density at radius 3 is 1.16 bits per heavy atom. The standard InChI is InChI=1S/C64H109NO8/c1-6-8-10-12-14-16-18-20-22-24-26-28-29-30-31-32-33-35-37-39-41-43-45-47-49-51-53-55-62(67)73-60(59-72-64(63(68)69)70-57-56-65(3,4)5)58-71-61(66)54-52-50-48-46-44-42-40-38-36-34-27-25-23-21-19-17-15-13-11-9-7-2/h8,10,14,16,19-22,25-28,30-31,33,35,60,64H,6-7,9,11-13,15,17-18,23-24,29,32,34,36-59H2,1-5H3/p+1/b10-8-,16-14-,21-19-,22-20-,27-25-,28-26-,31-30-,35-33-. The average molecular weight is 1020 g/mol. The van der Waals surface area contributed by atoms with Crippen LogP contribution in [-0.2, 0) is 33.3 Å². The van der Waals surface area contributed by atoms with Crippen LogP contribution in [0.25, 0.3) is 0 Å². The summed E-state index contributed by atoms with van der Waals surface area (Å²) in [5, 5.41) is 9.71. The quantitative estimate of drug-likeness (QED) is 0.0211. The van der Waals surface area contributed by atoms with Crippen molar-refractivity contribution in [3.8, 4) is 0 Å². The lowest BCUT2D eigenvalue weighted by atomic mass is 10.1. The van der Waals surface area contributed by atoms with Crippen LogP contribution in [0.2, 0.25) is 0 Å². The summed E-state index contributed by atoms with van der Waals surface area (Å²) < 4.78 is 22.9. The molecule has 0 saturated heterocycles. The molecule has 0 rings (SSSR count). The lowest BCUT2D eigenvalue weighted by molar-refractivity contribution is -0.870. The van der Waals surface area contributed by atoms with Crippen LogP contribution in [0.1, 0.15) is 232 Å². The van der Waals surface area contributed by atoms with Gasteiger partial charge >= 0.3 is 17.9 Å². The Labute approximate surface area is 448 Å². The van der Waals surface area contributed by atoms with Gasteiger partial charge in [0.2, 0.25) is 0 Å². The van der Waals surface area contributed by atoms with Crippen LogP contribution in [0, 0.1) is 0 Å². The minimum Gasteiger partial charge on any atom is -0.477 e. The minimum absolute atomic E-state index is 0.180. The van der Waals surface area contributed by atoms with Crippen molar-refractivity contribution in [2.24, 2.45) is 0 Å². The molecular formula is C64H110NO8+. The van der Waals surface area contributed by atoms with E-state index >= 15 is 0 Å². The van der Waals surface area contributed by atoms with E-state index in [1.807, 2.05) is 21.1 Å². The fourth-order valence-electron chi connectivity index (χ4n) is 7.81. The molecule has 0 aromatic carbocycles. The Hall–Kier alpha value is -3.79. The predicted octanol–water partition coefficient (Wildman–Crippen LogP) is 17.3. The number of hydrogen-bond acceptors (Lipinski definition) is 7. The highest BCUT2D eigenvalue weighted by Gasteiger charge is 2.25. The van der Waals surface area contributed by atoms with Crippen LogP contribution in [0.4, 0.5) is 0 Å². The molecule has 9 heteroatoms. The lowest BCUT2D eigenvalue weighted by Crippen LogP contribution is -2.40. The van der Waals surface area contributed by atoms with E-state index < -0.39 is 24.3 Å². The summed E-state index contributed by atoms with van der Waals surface area (Å²) in [6, 6.07) is 0. The highest BCUT2D eigenvalue weighted by Crippen LogP contribution is 2.15. The number of rotatable bonds is 53. The summed E-state index contributed by atoms with van der Waals surface area (Å²) >= 11 is 0. The van der Waals surface area contributed by atoms with Gasteiger partial charge in [-0.25, -0.2) is 4.79 Å². The Bertz CT molecular complexity index is 1520. The van der Waals surface area contributed by atoms with Gasteiger partial charge in [0.05, 0.1) is 34.4 Å². The summed E-state index contributed by atoms with van der Waals surface area (Å²) in [5.74, 6) is -2.03.